The van der Waals surface area contributed by atoms with Gasteiger partial charge in [-0.25, -0.2) is 9.48 Å². The number of amides is 1. The molecule has 1 aromatic heterocycles. The molecule has 0 unspecified atom stereocenters. The normalized spacial score (nSPS) is 11.9. The predicted octanol–water partition coefficient (Wildman–Crippen LogP) is 9.10. The van der Waals surface area contributed by atoms with Crippen LogP contribution >= 0.6 is 0 Å². The molecule has 1 amide bonds. The quantitative estimate of drug-likeness (QED) is 0.0737. The highest BCUT2D eigenvalue weighted by molar-refractivity contribution is 5.85. The zero-order chi connectivity index (χ0) is 37.0. The van der Waals surface area contributed by atoms with Gasteiger partial charge < -0.3 is 9.64 Å². The number of ether oxygens (including phenoxy) is 1. The van der Waals surface area contributed by atoms with Crippen LogP contribution in [0.4, 0.5) is 0 Å². The van der Waals surface area contributed by atoms with Gasteiger partial charge in [-0.15, -0.1) is 5.10 Å². The smallest absolute Gasteiger partial charge is 0.328 e. The third kappa shape index (κ3) is 7.82. The molecule has 0 bridgehead atoms. The summed E-state index contributed by atoms with van der Waals surface area (Å²) in [5.74, 6) is 0.240. The molecular formula is C45H47N5O3. The lowest BCUT2D eigenvalue weighted by Crippen LogP contribution is -2.45. The average molecular weight is 706 g/mol. The van der Waals surface area contributed by atoms with Crippen molar-refractivity contribution < 1.29 is 14.3 Å². The van der Waals surface area contributed by atoms with Crippen molar-refractivity contribution in [2.45, 2.75) is 71.0 Å². The van der Waals surface area contributed by atoms with Crippen molar-refractivity contribution in [1.29, 1.82) is 0 Å². The summed E-state index contributed by atoms with van der Waals surface area (Å²) in [6.07, 6.45) is 3.38. The van der Waals surface area contributed by atoms with E-state index in [2.05, 4.69) is 72.8 Å². The van der Waals surface area contributed by atoms with Crippen LogP contribution in [-0.4, -0.2) is 49.6 Å². The highest BCUT2D eigenvalue weighted by atomic mass is 16.5. The Hall–Kier alpha value is -5.89. The van der Waals surface area contributed by atoms with Crippen LogP contribution in [0.15, 0.2) is 140 Å². The van der Waals surface area contributed by atoms with Crippen molar-refractivity contribution in [2.75, 3.05) is 6.61 Å². The molecule has 6 rings (SSSR count). The van der Waals surface area contributed by atoms with Gasteiger partial charge in [-0.2, -0.15) is 0 Å². The molecule has 8 heteroatoms. The number of esters is 1. The Kier molecular flexibility index (Phi) is 12.2. The van der Waals surface area contributed by atoms with Gasteiger partial charge in [0, 0.05) is 18.5 Å². The molecule has 53 heavy (non-hydrogen) atoms. The predicted molar refractivity (Wildman–Crippen MR) is 209 cm³/mol. The largest absolute Gasteiger partial charge is 0.464 e. The Morgan fingerprint density at radius 3 is 1.77 bits per heavy atom. The van der Waals surface area contributed by atoms with Crippen LogP contribution in [0.3, 0.4) is 0 Å². The van der Waals surface area contributed by atoms with Crippen LogP contribution in [0, 0.1) is 0 Å². The molecule has 6 aromatic rings. The van der Waals surface area contributed by atoms with E-state index < -0.39 is 11.6 Å². The van der Waals surface area contributed by atoms with Crippen molar-refractivity contribution in [3.63, 3.8) is 0 Å². The van der Waals surface area contributed by atoms with Crippen LogP contribution in [0.25, 0.3) is 22.5 Å². The lowest BCUT2D eigenvalue weighted by molar-refractivity contribution is -0.155. The Bertz CT molecular complexity index is 1970. The first-order valence-corrected chi connectivity index (χ1v) is 18.6. The number of carbonyl (C=O) groups excluding carboxylic acids is 2. The molecule has 0 spiro atoms. The second kappa shape index (κ2) is 17.6. The number of hydrogen-bond acceptors (Lipinski definition) is 6. The topological polar surface area (TPSA) is 90.2 Å². The van der Waals surface area contributed by atoms with Gasteiger partial charge in [-0.05, 0) is 63.6 Å². The lowest BCUT2D eigenvalue weighted by Gasteiger charge is -2.36. The number of rotatable bonds is 16. The minimum absolute atomic E-state index is 0.0293. The van der Waals surface area contributed by atoms with Gasteiger partial charge in [0.2, 0.25) is 5.91 Å². The molecule has 0 radical (unpaired) electrons. The highest BCUT2D eigenvalue weighted by Gasteiger charge is 2.42. The maximum absolute atomic E-state index is 13.5. The summed E-state index contributed by atoms with van der Waals surface area (Å²) >= 11 is 0. The van der Waals surface area contributed by atoms with Crippen molar-refractivity contribution >= 4 is 11.9 Å². The van der Waals surface area contributed by atoms with Gasteiger partial charge in [-0.1, -0.05) is 166 Å². The summed E-state index contributed by atoms with van der Waals surface area (Å²) in [7, 11) is 0. The van der Waals surface area contributed by atoms with Crippen molar-refractivity contribution in [3.05, 3.63) is 162 Å². The average Bonchev–Trinajstić information content (AvgIpc) is 3.70. The Morgan fingerprint density at radius 2 is 1.25 bits per heavy atom. The lowest BCUT2D eigenvalue weighted by atomic mass is 9.77. The van der Waals surface area contributed by atoms with E-state index in [0.717, 1.165) is 58.2 Å². The number of tetrazole rings is 1. The van der Waals surface area contributed by atoms with E-state index in [1.807, 2.05) is 90.5 Å². The molecule has 0 saturated carbocycles. The summed E-state index contributed by atoms with van der Waals surface area (Å²) in [4.78, 5) is 28.3. The maximum atomic E-state index is 13.5. The fraction of sp³-hybridized carbons (Fsp3) is 0.267. The molecule has 5 aromatic carbocycles. The van der Waals surface area contributed by atoms with E-state index in [4.69, 9.17) is 15.0 Å². The van der Waals surface area contributed by atoms with Crippen LogP contribution in [-0.2, 0) is 26.4 Å². The molecule has 0 aliphatic carbocycles. The maximum Gasteiger partial charge on any atom is 0.328 e. The third-order valence-corrected chi connectivity index (χ3v) is 9.71. The Labute approximate surface area is 312 Å². The monoisotopic (exact) mass is 705 g/mol. The van der Waals surface area contributed by atoms with Gasteiger partial charge in [0.15, 0.2) is 5.82 Å². The fourth-order valence-corrected chi connectivity index (χ4v) is 7.16. The van der Waals surface area contributed by atoms with E-state index in [9.17, 15) is 9.59 Å². The summed E-state index contributed by atoms with van der Waals surface area (Å²) in [6, 6.07) is 46.8. The summed E-state index contributed by atoms with van der Waals surface area (Å²) in [5, 5.41) is 13.8. The first-order valence-electron chi connectivity index (χ1n) is 18.6. The minimum Gasteiger partial charge on any atom is -0.464 e. The minimum atomic E-state index is -0.888. The molecular weight excluding hydrogens is 659 g/mol. The Balaban J connectivity index is 1.43. The second-order valence-electron chi connectivity index (χ2n) is 13.1. The van der Waals surface area contributed by atoms with Crippen LogP contribution in [0.2, 0.25) is 0 Å². The van der Waals surface area contributed by atoms with Gasteiger partial charge in [0.05, 0.1) is 6.61 Å². The third-order valence-electron chi connectivity index (χ3n) is 9.71. The van der Waals surface area contributed by atoms with Crippen molar-refractivity contribution in [3.8, 4) is 22.5 Å². The second-order valence-corrected chi connectivity index (χ2v) is 13.1. The molecule has 0 saturated heterocycles. The van der Waals surface area contributed by atoms with Crippen molar-refractivity contribution in [2.24, 2.45) is 0 Å². The van der Waals surface area contributed by atoms with Crippen LogP contribution in [0.5, 0.6) is 0 Å². The molecule has 0 fully saturated rings. The summed E-state index contributed by atoms with van der Waals surface area (Å²) in [5.41, 5.74) is 5.93. The number of benzene rings is 5. The number of carbonyl (C=O) groups is 2. The summed E-state index contributed by atoms with van der Waals surface area (Å²) < 4.78 is 7.37. The Morgan fingerprint density at radius 1 is 0.698 bits per heavy atom. The number of unbranched alkanes of at least 4 members (excludes halogenated alkanes) is 1. The van der Waals surface area contributed by atoms with Crippen molar-refractivity contribution in [1.82, 2.24) is 25.1 Å². The van der Waals surface area contributed by atoms with E-state index >= 15 is 0 Å². The molecule has 270 valence electrons. The van der Waals surface area contributed by atoms with Gasteiger partial charge in [0.1, 0.15) is 11.6 Å². The molecule has 0 aliphatic rings. The molecule has 0 aliphatic heterocycles. The SMILES string of the molecule is CCCCC(=O)N(Cc1ccc(-c2ccccc2-c2nnnn2C(c2ccccc2)(c2ccccc2)c2ccccc2)cc1)[C@@H](CCC)C(=O)OCC. The zero-order valence-corrected chi connectivity index (χ0v) is 30.8. The van der Waals surface area contributed by atoms with Crippen LogP contribution in [0.1, 0.15) is 75.1 Å². The molecule has 1 heterocycles. The fourth-order valence-electron chi connectivity index (χ4n) is 7.16. The van der Waals surface area contributed by atoms with Gasteiger partial charge >= 0.3 is 5.97 Å². The van der Waals surface area contributed by atoms with Gasteiger partial charge in [-0.3, -0.25) is 4.79 Å². The number of aromatic nitrogens is 4. The van der Waals surface area contributed by atoms with E-state index in [1.165, 1.54) is 0 Å². The molecule has 8 nitrogen and oxygen atoms in total. The number of hydrogen-bond donors (Lipinski definition) is 0. The van der Waals surface area contributed by atoms with Crippen LogP contribution < -0.4 is 0 Å². The highest BCUT2D eigenvalue weighted by Crippen LogP contribution is 2.43. The van der Waals surface area contributed by atoms with E-state index in [1.54, 1.807) is 11.8 Å². The van der Waals surface area contributed by atoms with E-state index in [-0.39, 0.29) is 18.5 Å². The first-order chi connectivity index (χ1) is 26.0. The molecule has 0 N–H and O–H groups in total. The zero-order valence-electron chi connectivity index (χ0n) is 30.8. The molecule has 1 atom stereocenters. The number of nitrogens with zero attached hydrogens (tertiary/aromatic N) is 5. The van der Waals surface area contributed by atoms with E-state index in [0.29, 0.717) is 25.2 Å². The summed E-state index contributed by atoms with van der Waals surface area (Å²) in [6.45, 7) is 6.47. The van der Waals surface area contributed by atoms with Gasteiger partial charge in [0.25, 0.3) is 0 Å². The standard InChI is InChI=1S/C45H47N5O3/c1-4-7-28-42(51)49(41(19-5-2)44(52)53-6-3)33-34-29-31-35(32-30-34)39-26-17-18-27-40(39)43-46-47-48-50(43)45(36-20-11-8-12-21-36,37-22-13-9-14-23-37)38-24-15-10-16-25-38/h8-18,20-27,29-32,41H,4-7,19,28,33H2,1-3H3/t41-/m0/s1. The first kappa shape index (κ1) is 36.9.